The smallest absolute Gasteiger partial charge is 0.317 e. The number of rotatable bonds is 5. The van der Waals surface area contributed by atoms with Crippen molar-refractivity contribution in [2.75, 3.05) is 13.1 Å². The van der Waals surface area contributed by atoms with Crippen LogP contribution in [0, 0.1) is 5.41 Å². The lowest BCUT2D eigenvalue weighted by atomic mass is 9.87. The quantitative estimate of drug-likeness (QED) is 0.808. The number of phenolic OH excluding ortho intramolecular Hbond substituents is 1. The number of carbonyl (C=O) groups is 1. The van der Waals surface area contributed by atoms with Gasteiger partial charge < -0.3 is 15.3 Å². The molecular formula is C19H30N2O2. The van der Waals surface area contributed by atoms with Crippen molar-refractivity contribution in [2.45, 2.75) is 58.9 Å². The molecule has 0 spiro atoms. The van der Waals surface area contributed by atoms with E-state index in [0.717, 1.165) is 38.6 Å². The van der Waals surface area contributed by atoms with Gasteiger partial charge in [0.1, 0.15) is 5.75 Å². The van der Waals surface area contributed by atoms with Crippen LogP contribution in [-0.2, 0) is 6.42 Å². The third kappa shape index (κ3) is 5.77. The average molecular weight is 318 g/mol. The van der Waals surface area contributed by atoms with Crippen molar-refractivity contribution in [3.05, 3.63) is 29.8 Å². The normalized spacial score (nSPS) is 18.2. The SMILES string of the molecule is CC(C)(C)CC1CCCN1C(=O)NCCCc1ccc(O)cc1. The van der Waals surface area contributed by atoms with Crippen molar-refractivity contribution in [1.82, 2.24) is 10.2 Å². The number of hydrogen-bond acceptors (Lipinski definition) is 2. The van der Waals surface area contributed by atoms with Crippen LogP contribution in [0.15, 0.2) is 24.3 Å². The molecule has 1 fully saturated rings. The number of likely N-dealkylation sites (tertiary alicyclic amines) is 1. The van der Waals surface area contributed by atoms with Crippen LogP contribution in [0.3, 0.4) is 0 Å². The van der Waals surface area contributed by atoms with Gasteiger partial charge >= 0.3 is 6.03 Å². The minimum Gasteiger partial charge on any atom is -0.508 e. The van der Waals surface area contributed by atoms with Crippen molar-refractivity contribution >= 4 is 6.03 Å². The highest BCUT2D eigenvalue weighted by atomic mass is 16.3. The second-order valence-corrected chi connectivity index (χ2v) is 7.76. The zero-order valence-corrected chi connectivity index (χ0v) is 14.6. The van der Waals surface area contributed by atoms with Gasteiger partial charge in [0.25, 0.3) is 0 Å². The Hall–Kier alpha value is -1.71. The summed E-state index contributed by atoms with van der Waals surface area (Å²) in [5.41, 5.74) is 1.44. The molecule has 0 radical (unpaired) electrons. The summed E-state index contributed by atoms with van der Waals surface area (Å²) in [6.07, 6.45) is 5.12. The van der Waals surface area contributed by atoms with E-state index < -0.39 is 0 Å². The van der Waals surface area contributed by atoms with Crippen LogP contribution in [0.4, 0.5) is 4.79 Å². The lowest BCUT2D eigenvalue weighted by molar-refractivity contribution is 0.174. The van der Waals surface area contributed by atoms with Crippen LogP contribution in [0.25, 0.3) is 0 Å². The van der Waals surface area contributed by atoms with Gasteiger partial charge in [-0.2, -0.15) is 0 Å². The van der Waals surface area contributed by atoms with Crippen LogP contribution in [0.2, 0.25) is 0 Å². The number of phenols is 1. The molecule has 0 saturated carbocycles. The maximum atomic E-state index is 12.4. The maximum absolute atomic E-state index is 12.4. The molecular weight excluding hydrogens is 288 g/mol. The minimum atomic E-state index is 0.0856. The summed E-state index contributed by atoms with van der Waals surface area (Å²) in [6.45, 7) is 8.28. The summed E-state index contributed by atoms with van der Waals surface area (Å²) < 4.78 is 0. The van der Waals surface area contributed by atoms with E-state index in [1.807, 2.05) is 17.0 Å². The van der Waals surface area contributed by atoms with Gasteiger partial charge in [0.05, 0.1) is 0 Å². The monoisotopic (exact) mass is 318 g/mol. The Morgan fingerprint density at radius 3 is 2.65 bits per heavy atom. The first-order valence-corrected chi connectivity index (χ1v) is 8.67. The van der Waals surface area contributed by atoms with Crippen LogP contribution < -0.4 is 5.32 Å². The summed E-state index contributed by atoms with van der Waals surface area (Å²) in [5.74, 6) is 0.293. The Morgan fingerprint density at radius 1 is 1.30 bits per heavy atom. The first-order valence-electron chi connectivity index (χ1n) is 8.67. The standard InChI is InChI=1S/C19H30N2O2/c1-19(2,3)14-16-7-5-13-21(16)18(23)20-12-4-6-15-8-10-17(22)11-9-15/h8-11,16,22H,4-7,12-14H2,1-3H3,(H,20,23). The Morgan fingerprint density at radius 2 is 2.00 bits per heavy atom. The third-order valence-electron chi connectivity index (χ3n) is 4.34. The molecule has 1 aliphatic rings. The molecule has 1 unspecified atom stereocenters. The Bertz CT molecular complexity index is 505. The van der Waals surface area contributed by atoms with Gasteiger partial charge in [-0.1, -0.05) is 32.9 Å². The number of nitrogens with zero attached hydrogens (tertiary/aromatic N) is 1. The molecule has 1 saturated heterocycles. The average Bonchev–Trinajstić information content (AvgIpc) is 2.91. The zero-order valence-electron chi connectivity index (χ0n) is 14.6. The zero-order chi connectivity index (χ0) is 16.9. The molecule has 1 heterocycles. The van der Waals surface area contributed by atoms with Crippen molar-refractivity contribution in [3.63, 3.8) is 0 Å². The highest BCUT2D eigenvalue weighted by Crippen LogP contribution is 2.29. The van der Waals surface area contributed by atoms with Gasteiger partial charge in [-0.3, -0.25) is 0 Å². The summed E-state index contributed by atoms with van der Waals surface area (Å²) in [4.78, 5) is 14.4. The minimum absolute atomic E-state index is 0.0856. The van der Waals surface area contributed by atoms with Crippen molar-refractivity contribution < 1.29 is 9.90 Å². The van der Waals surface area contributed by atoms with Crippen LogP contribution in [0.5, 0.6) is 5.75 Å². The van der Waals surface area contributed by atoms with E-state index in [0.29, 0.717) is 18.3 Å². The lowest BCUT2D eigenvalue weighted by Crippen LogP contribution is -2.44. The molecule has 0 aromatic heterocycles. The Labute approximate surface area is 139 Å². The van der Waals surface area contributed by atoms with Crippen LogP contribution >= 0.6 is 0 Å². The second-order valence-electron chi connectivity index (χ2n) is 7.76. The van der Waals surface area contributed by atoms with E-state index in [4.69, 9.17) is 0 Å². The number of nitrogens with one attached hydrogen (secondary N) is 1. The lowest BCUT2D eigenvalue weighted by Gasteiger charge is -2.30. The third-order valence-corrected chi connectivity index (χ3v) is 4.34. The number of hydrogen-bond donors (Lipinski definition) is 2. The molecule has 1 aromatic rings. The Kier molecular flexibility index (Phi) is 5.91. The molecule has 2 rings (SSSR count). The molecule has 1 aliphatic heterocycles. The molecule has 2 amide bonds. The Balaban J connectivity index is 1.72. The second kappa shape index (κ2) is 7.71. The van der Waals surface area contributed by atoms with Crippen LogP contribution in [0.1, 0.15) is 52.0 Å². The van der Waals surface area contributed by atoms with Crippen LogP contribution in [-0.4, -0.2) is 35.2 Å². The fourth-order valence-electron chi connectivity index (χ4n) is 3.27. The summed E-state index contributed by atoms with van der Waals surface area (Å²) >= 11 is 0. The molecule has 4 heteroatoms. The highest BCUT2D eigenvalue weighted by Gasteiger charge is 2.31. The number of benzene rings is 1. The predicted molar refractivity (Wildman–Crippen MR) is 93.6 cm³/mol. The topological polar surface area (TPSA) is 52.6 Å². The first-order chi connectivity index (χ1) is 10.8. The number of aryl methyl sites for hydroxylation is 1. The van der Waals surface area contributed by atoms with Crippen molar-refractivity contribution in [1.29, 1.82) is 0 Å². The van der Waals surface area contributed by atoms with E-state index >= 15 is 0 Å². The van der Waals surface area contributed by atoms with Crippen molar-refractivity contribution in [2.24, 2.45) is 5.41 Å². The molecule has 23 heavy (non-hydrogen) atoms. The summed E-state index contributed by atoms with van der Waals surface area (Å²) in [7, 11) is 0. The van der Waals surface area contributed by atoms with Gasteiger partial charge in [-0.05, 0) is 55.2 Å². The molecule has 0 bridgehead atoms. The number of aromatic hydroxyl groups is 1. The van der Waals surface area contributed by atoms with Gasteiger partial charge in [0.15, 0.2) is 0 Å². The molecule has 2 N–H and O–H groups in total. The fourth-order valence-corrected chi connectivity index (χ4v) is 3.27. The summed E-state index contributed by atoms with van der Waals surface area (Å²) in [6, 6.07) is 7.73. The molecule has 0 aliphatic carbocycles. The molecule has 1 aromatic carbocycles. The van der Waals surface area contributed by atoms with Gasteiger partial charge in [0.2, 0.25) is 0 Å². The van der Waals surface area contributed by atoms with E-state index in [-0.39, 0.29) is 11.4 Å². The fraction of sp³-hybridized carbons (Fsp3) is 0.632. The van der Waals surface area contributed by atoms with Gasteiger partial charge in [-0.25, -0.2) is 4.79 Å². The first kappa shape index (κ1) is 17.6. The number of urea groups is 1. The largest absolute Gasteiger partial charge is 0.508 e. The molecule has 1 atom stereocenters. The molecule has 128 valence electrons. The predicted octanol–water partition coefficient (Wildman–Crippen LogP) is 3.94. The van der Waals surface area contributed by atoms with Crippen molar-refractivity contribution in [3.8, 4) is 5.75 Å². The van der Waals surface area contributed by atoms with E-state index in [1.165, 1.54) is 5.56 Å². The van der Waals surface area contributed by atoms with E-state index in [9.17, 15) is 9.90 Å². The van der Waals surface area contributed by atoms with Gasteiger partial charge in [-0.15, -0.1) is 0 Å². The maximum Gasteiger partial charge on any atom is 0.317 e. The van der Waals surface area contributed by atoms with Gasteiger partial charge in [0, 0.05) is 19.1 Å². The molecule has 4 nitrogen and oxygen atoms in total. The van der Waals surface area contributed by atoms with E-state index in [1.54, 1.807) is 12.1 Å². The number of carbonyl (C=O) groups excluding carboxylic acids is 1. The summed E-state index contributed by atoms with van der Waals surface area (Å²) in [5, 5.41) is 12.3. The van der Waals surface area contributed by atoms with E-state index in [2.05, 4.69) is 26.1 Å². The number of amides is 2. The highest BCUT2D eigenvalue weighted by molar-refractivity contribution is 5.74.